The summed E-state index contributed by atoms with van der Waals surface area (Å²) in [5, 5.41) is 10.4. The Hall–Kier alpha value is -1.81. The minimum Gasteiger partial charge on any atom is -0.493 e. The van der Waals surface area contributed by atoms with Crippen molar-refractivity contribution < 1.29 is 9.84 Å². The van der Waals surface area contributed by atoms with Crippen molar-refractivity contribution in [1.29, 1.82) is 0 Å². The summed E-state index contributed by atoms with van der Waals surface area (Å²) in [6, 6.07) is 7.90. The summed E-state index contributed by atoms with van der Waals surface area (Å²) in [6.45, 7) is 0.547. The molecular weight excluding hydrogens is 228 g/mol. The smallest absolute Gasteiger partial charge is 0.123 e. The van der Waals surface area contributed by atoms with Gasteiger partial charge in [0.05, 0.1) is 12.7 Å². The van der Waals surface area contributed by atoms with E-state index in [9.17, 15) is 5.11 Å². The second-order valence-electron chi connectivity index (χ2n) is 4.68. The molecule has 0 spiro atoms. The summed E-state index contributed by atoms with van der Waals surface area (Å²) in [5.74, 6) is 1.83. The van der Waals surface area contributed by atoms with Crippen LogP contribution in [0, 0.1) is 0 Å². The third kappa shape index (κ3) is 1.88. The Balaban J connectivity index is 1.79. The summed E-state index contributed by atoms with van der Waals surface area (Å²) < 4.78 is 7.53. The molecule has 0 bridgehead atoms. The van der Waals surface area contributed by atoms with Gasteiger partial charge >= 0.3 is 0 Å². The first kappa shape index (κ1) is 11.3. The van der Waals surface area contributed by atoms with Crippen molar-refractivity contribution in [2.75, 3.05) is 6.61 Å². The number of rotatable bonds is 3. The maximum atomic E-state index is 10.4. The Morgan fingerprint density at radius 1 is 1.50 bits per heavy atom. The highest BCUT2D eigenvalue weighted by molar-refractivity contribution is 5.40. The number of imidazole rings is 1. The van der Waals surface area contributed by atoms with Crippen molar-refractivity contribution in [2.45, 2.75) is 18.4 Å². The van der Waals surface area contributed by atoms with Gasteiger partial charge in [0.1, 0.15) is 11.6 Å². The van der Waals surface area contributed by atoms with Crippen LogP contribution in [0.4, 0.5) is 0 Å². The first-order chi connectivity index (χ1) is 8.75. The summed E-state index contributed by atoms with van der Waals surface area (Å²) in [4.78, 5) is 4.25. The van der Waals surface area contributed by atoms with E-state index >= 15 is 0 Å². The van der Waals surface area contributed by atoms with E-state index in [1.165, 1.54) is 0 Å². The van der Waals surface area contributed by atoms with Crippen molar-refractivity contribution >= 4 is 0 Å². The molecule has 0 radical (unpaired) electrons. The van der Waals surface area contributed by atoms with Gasteiger partial charge in [-0.25, -0.2) is 4.98 Å². The van der Waals surface area contributed by atoms with Crippen molar-refractivity contribution in [3.63, 3.8) is 0 Å². The largest absolute Gasteiger partial charge is 0.493 e. The Morgan fingerprint density at radius 3 is 3.11 bits per heavy atom. The van der Waals surface area contributed by atoms with Crippen LogP contribution in [0.3, 0.4) is 0 Å². The van der Waals surface area contributed by atoms with E-state index in [4.69, 9.17) is 4.74 Å². The van der Waals surface area contributed by atoms with Gasteiger partial charge in [-0.15, -0.1) is 0 Å². The van der Waals surface area contributed by atoms with Gasteiger partial charge in [0, 0.05) is 37.3 Å². The lowest BCUT2D eigenvalue weighted by molar-refractivity contribution is 0.126. The monoisotopic (exact) mass is 244 g/mol. The lowest BCUT2D eigenvalue weighted by Gasteiger charge is -2.16. The van der Waals surface area contributed by atoms with Crippen LogP contribution in [0.15, 0.2) is 36.7 Å². The molecule has 2 aromatic rings. The highest BCUT2D eigenvalue weighted by Gasteiger charge is 2.30. The lowest BCUT2D eigenvalue weighted by Crippen LogP contribution is -2.23. The van der Waals surface area contributed by atoms with Gasteiger partial charge in [-0.1, -0.05) is 18.2 Å². The van der Waals surface area contributed by atoms with Gasteiger partial charge < -0.3 is 14.4 Å². The van der Waals surface area contributed by atoms with Crippen LogP contribution in [0.25, 0.3) is 0 Å². The third-order valence-corrected chi connectivity index (χ3v) is 3.51. The summed E-state index contributed by atoms with van der Waals surface area (Å²) in [6.07, 6.45) is 3.73. The number of aliphatic hydroxyl groups is 1. The van der Waals surface area contributed by atoms with E-state index in [1.807, 2.05) is 42.1 Å². The van der Waals surface area contributed by atoms with Gasteiger partial charge in [0.15, 0.2) is 0 Å². The molecule has 4 nitrogen and oxygen atoms in total. The quantitative estimate of drug-likeness (QED) is 0.890. The number of fused-ring (bicyclic) bond motifs is 1. The van der Waals surface area contributed by atoms with Crippen molar-refractivity contribution in [1.82, 2.24) is 9.55 Å². The molecular formula is C14H16N2O2. The molecule has 0 fully saturated rings. The van der Waals surface area contributed by atoms with E-state index < -0.39 is 6.10 Å². The normalized spacial score (nSPS) is 19.3. The molecule has 3 rings (SSSR count). The predicted octanol–water partition coefficient (Wildman–Crippen LogP) is 1.50. The van der Waals surface area contributed by atoms with E-state index in [2.05, 4.69) is 4.98 Å². The van der Waals surface area contributed by atoms with Crippen molar-refractivity contribution in [3.05, 3.63) is 48.0 Å². The third-order valence-electron chi connectivity index (χ3n) is 3.51. The van der Waals surface area contributed by atoms with E-state index in [0.29, 0.717) is 13.0 Å². The SMILES string of the molecule is Cn1ccnc1CC(O)C1COc2ccccc21. The highest BCUT2D eigenvalue weighted by Crippen LogP contribution is 2.36. The molecule has 1 aromatic heterocycles. The number of aryl methyl sites for hydroxylation is 1. The number of ether oxygens (including phenoxy) is 1. The fourth-order valence-corrected chi connectivity index (χ4v) is 2.43. The second-order valence-corrected chi connectivity index (χ2v) is 4.68. The predicted molar refractivity (Wildman–Crippen MR) is 67.6 cm³/mol. The van der Waals surface area contributed by atoms with Crippen LogP contribution in [-0.4, -0.2) is 27.4 Å². The Labute approximate surface area is 106 Å². The average Bonchev–Trinajstić information content (AvgIpc) is 2.96. The second kappa shape index (κ2) is 4.46. The topological polar surface area (TPSA) is 47.3 Å². The minimum atomic E-state index is -0.463. The molecule has 1 aliphatic heterocycles. The van der Waals surface area contributed by atoms with E-state index in [0.717, 1.165) is 17.1 Å². The van der Waals surface area contributed by atoms with Crippen LogP contribution in [0.1, 0.15) is 17.3 Å². The van der Waals surface area contributed by atoms with Crippen LogP contribution < -0.4 is 4.74 Å². The number of nitrogens with zero attached hydrogens (tertiary/aromatic N) is 2. The van der Waals surface area contributed by atoms with Gasteiger partial charge in [-0.3, -0.25) is 0 Å². The van der Waals surface area contributed by atoms with E-state index in [-0.39, 0.29) is 5.92 Å². The van der Waals surface area contributed by atoms with Gasteiger partial charge in [-0.05, 0) is 6.07 Å². The van der Waals surface area contributed by atoms with Gasteiger partial charge in [0.2, 0.25) is 0 Å². The molecule has 94 valence electrons. The summed E-state index contributed by atoms with van der Waals surface area (Å²) >= 11 is 0. The Morgan fingerprint density at radius 2 is 2.33 bits per heavy atom. The number of benzene rings is 1. The van der Waals surface area contributed by atoms with Crippen LogP contribution in [-0.2, 0) is 13.5 Å². The molecule has 2 atom stereocenters. The molecule has 1 aromatic carbocycles. The molecule has 2 heterocycles. The molecule has 4 heteroatoms. The average molecular weight is 244 g/mol. The standard InChI is InChI=1S/C14H16N2O2/c1-16-7-6-15-14(16)8-12(17)11-9-18-13-5-3-2-4-10(11)13/h2-7,11-12,17H,8-9H2,1H3. The van der Waals surface area contributed by atoms with Crippen LogP contribution in [0.2, 0.25) is 0 Å². The first-order valence-corrected chi connectivity index (χ1v) is 6.11. The zero-order valence-electron chi connectivity index (χ0n) is 10.3. The van der Waals surface area contributed by atoms with E-state index in [1.54, 1.807) is 6.20 Å². The maximum Gasteiger partial charge on any atom is 0.123 e. The number of aliphatic hydroxyl groups excluding tert-OH is 1. The summed E-state index contributed by atoms with van der Waals surface area (Å²) in [7, 11) is 1.94. The fourth-order valence-electron chi connectivity index (χ4n) is 2.43. The summed E-state index contributed by atoms with van der Waals surface area (Å²) in [5.41, 5.74) is 1.10. The molecule has 1 N–H and O–H groups in total. The van der Waals surface area contributed by atoms with Gasteiger partial charge in [0.25, 0.3) is 0 Å². The zero-order valence-corrected chi connectivity index (χ0v) is 10.3. The van der Waals surface area contributed by atoms with Gasteiger partial charge in [-0.2, -0.15) is 0 Å². The lowest BCUT2D eigenvalue weighted by atomic mass is 9.93. The maximum absolute atomic E-state index is 10.4. The minimum absolute atomic E-state index is 0.0397. The highest BCUT2D eigenvalue weighted by atomic mass is 16.5. The van der Waals surface area contributed by atoms with Crippen LogP contribution >= 0.6 is 0 Å². The Kier molecular flexibility index (Phi) is 2.80. The molecule has 2 unspecified atom stereocenters. The molecule has 0 saturated heterocycles. The number of hydrogen-bond donors (Lipinski definition) is 1. The molecule has 18 heavy (non-hydrogen) atoms. The molecule has 0 saturated carbocycles. The molecule has 0 aliphatic carbocycles. The molecule has 0 amide bonds. The number of hydrogen-bond acceptors (Lipinski definition) is 3. The number of aromatic nitrogens is 2. The Bertz CT molecular complexity index is 550. The first-order valence-electron chi connectivity index (χ1n) is 6.11. The fraction of sp³-hybridized carbons (Fsp3) is 0.357. The van der Waals surface area contributed by atoms with Crippen molar-refractivity contribution in [3.8, 4) is 5.75 Å². The molecule has 1 aliphatic rings. The number of para-hydroxylation sites is 1. The zero-order chi connectivity index (χ0) is 12.5. The van der Waals surface area contributed by atoms with Crippen molar-refractivity contribution in [2.24, 2.45) is 7.05 Å². The van der Waals surface area contributed by atoms with Crippen LogP contribution in [0.5, 0.6) is 5.75 Å².